The third-order valence-electron chi connectivity index (χ3n) is 5.51. The first kappa shape index (κ1) is 23.9. The van der Waals surface area contributed by atoms with E-state index in [1.807, 2.05) is 0 Å². The number of benzene rings is 4. The molecule has 0 amide bonds. The van der Waals surface area contributed by atoms with Gasteiger partial charge < -0.3 is 0 Å². The van der Waals surface area contributed by atoms with Crippen LogP contribution in [0.4, 0.5) is 0 Å². The van der Waals surface area contributed by atoms with Crippen LogP contribution in [0.15, 0.2) is 107 Å². The van der Waals surface area contributed by atoms with Crippen LogP contribution in [0.1, 0.15) is 33.4 Å². The number of hydrogen-bond donors (Lipinski definition) is 0. The summed E-state index contributed by atoms with van der Waals surface area (Å²) in [6.07, 6.45) is 17.1. The second kappa shape index (κ2) is 12.3. The van der Waals surface area contributed by atoms with E-state index in [2.05, 4.69) is 146 Å². The van der Waals surface area contributed by atoms with E-state index in [1.165, 1.54) is 43.2 Å². The van der Waals surface area contributed by atoms with E-state index < -0.39 is 0 Å². The van der Waals surface area contributed by atoms with E-state index >= 15 is 0 Å². The summed E-state index contributed by atoms with van der Waals surface area (Å²) in [5, 5.41) is 0. The maximum Gasteiger partial charge on any atom is 0.00695 e. The highest BCUT2D eigenvalue weighted by molar-refractivity contribution is 7.98. The normalized spacial score (nSPS) is 11.7. The van der Waals surface area contributed by atoms with Crippen molar-refractivity contribution in [1.82, 2.24) is 0 Å². The topological polar surface area (TPSA) is 0 Å². The van der Waals surface area contributed by atoms with Crippen LogP contribution in [0.5, 0.6) is 0 Å². The Morgan fingerprint density at radius 3 is 0.676 bits per heavy atom. The van der Waals surface area contributed by atoms with E-state index in [0.29, 0.717) is 0 Å². The molecule has 4 aromatic carbocycles. The maximum absolute atomic E-state index is 2.16. The maximum atomic E-state index is 2.16. The van der Waals surface area contributed by atoms with Crippen molar-refractivity contribution in [2.45, 2.75) is 9.79 Å². The SMILES string of the molecule is CSc1ccc(C=Cc2ccc(C=Cc3ccc(C=Cc4ccc(SC)cc4)cc3)cc2)cc1. The lowest BCUT2D eigenvalue weighted by Crippen LogP contribution is -1.77. The molecule has 0 aliphatic carbocycles. The van der Waals surface area contributed by atoms with Gasteiger partial charge in [0.05, 0.1) is 0 Å². The zero-order chi connectivity index (χ0) is 23.6. The smallest absolute Gasteiger partial charge is 0.00695 e. The molecule has 0 heterocycles. The molecule has 4 aromatic rings. The minimum absolute atomic E-state index is 1.19. The van der Waals surface area contributed by atoms with Crippen molar-refractivity contribution >= 4 is 60.0 Å². The number of hydrogen-bond acceptors (Lipinski definition) is 2. The van der Waals surface area contributed by atoms with Crippen molar-refractivity contribution in [1.29, 1.82) is 0 Å². The zero-order valence-electron chi connectivity index (χ0n) is 19.5. The van der Waals surface area contributed by atoms with Gasteiger partial charge in [-0.25, -0.2) is 0 Å². The third-order valence-corrected chi connectivity index (χ3v) is 7.00. The van der Waals surface area contributed by atoms with E-state index in [4.69, 9.17) is 0 Å². The molecule has 0 saturated heterocycles. The molecular weight excluding hydrogens is 448 g/mol. The lowest BCUT2D eigenvalue weighted by Gasteiger charge is -2.00. The Morgan fingerprint density at radius 2 is 0.500 bits per heavy atom. The minimum Gasteiger partial charge on any atom is -0.130 e. The average Bonchev–Trinajstić information content (AvgIpc) is 2.91. The van der Waals surface area contributed by atoms with Gasteiger partial charge >= 0.3 is 0 Å². The molecule has 0 radical (unpaired) electrons. The Labute approximate surface area is 212 Å². The predicted octanol–water partition coefficient (Wildman–Crippen LogP) is 9.64. The molecule has 0 bridgehead atoms. The standard InChI is InChI=1S/C32H28S2/c1-33-31-21-17-29(18-22-31)15-13-27-9-5-25(6-10-27)3-4-26-7-11-28(12-8-26)14-16-30-19-23-32(34-2)24-20-30/h3-24H,1-2H3. The minimum atomic E-state index is 1.19. The number of rotatable bonds is 8. The van der Waals surface area contributed by atoms with Gasteiger partial charge in [-0.15, -0.1) is 23.5 Å². The summed E-state index contributed by atoms with van der Waals surface area (Å²) in [5.74, 6) is 0. The molecule has 34 heavy (non-hydrogen) atoms. The summed E-state index contributed by atoms with van der Waals surface area (Å²) >= 11 is 3.53. The van der Waals surface area contributed by atoms with Crippen molar-refractivity contribution in [3.63, 3.8) is 0 Å². The van der Waals surface area contributed by atoms with E-state index in [0.717, 1.165) is 0 Å². The van der Waals surface area contributed by atoms with Crippen LogP contribution in [0, 0.1) is 0 Å². The lowest BCUT2D eigenvalue weighted by atomic mass is 10.1. The largest absolute Gasteiger partial charge is 0.130 e. The summed E-state index contributed by atoms with van der Waals surface area (Å²) in [4.78, 5) is 2.58. The Morgan fingerprint density at radius 1 is 0.324 bits per heavy atom. The Bertz CT molecular complexity index is 1160. The first-order valence-electron chi connectivity index (χ1n) is 11.2. The van der Waals surface area contributed by atoms with Crippen molar-refractivity contribution in [2.75, 3.05) is 12.5 Å². The van der Waals surface area contributed by atoms with Crippen LogP contribution in [0.2, 0.25) is 0 Å². The molecule has 0 nitrogen and oxygen atoms in total. The fourth-order valence-corrected chi connectivity index (χ4v) is 4.26. The second-order valence-corrected chi connectivity index (χ2v) is 9.64. The van der Waals surface area contributed by atoms with Gasteiger partial charge in [0.1, 0.15) is 0 Å². The Balaban J connectivity index is 1.33. The summed E-state index contributed by atoms with van der Waals surface area (Å²) in [7, 11) is 0. The average molecular weight is 477 g/mol. The van der Waals surface area contributed by atoms with Gasteiger partial charge in [-0.3, -0.25) is 0 Å². The molecule has 0 fully saturated rings. The molecule has 0 atom stereocenters. The van der Waals surface area contributed by atoms with Crippen LogP contribution in [0.25, 0.3) is 36.5 Å². The molecule has 0 aliphatic heterocycles. The molecule has 2 heteroatoms. The van der Waals surface area contributed by atoms with Gasteiger partial charge in [-0.1, -0.05) is 109 Å². The van der Waals surface area contributed by atoms with Crippen molar-refractivity contribution < 1.29 is 0 Å². The summed E-state index contributed by atoms with van der Waals surface area (Å²) < 4.78 is 0. The second-order valence-electron chi connectivity index (χ2n) is 7.88. The third kappa shape index (κ3) is 7.15. The van der Waals surface area contributed by atoms with Crippen LogP contribution >= 0.6 is 23.5 Å². The molecular formula is C32H28S2. The van der Waals surface area contributed by atoms with Gasteiger partial charge in [0.15, 0.2) is 0 Å². The molecule has 0 N–H and O–H groups in total. The molecule has 0 aliphatic rings. The lowest BCUT2D eigenvalue weighted by molar-refractivity contribution is 1.45. The van der Waals surface area contributed by atoms with Gasteiger partial charge in [0.25, 0.3) is 0 Å². The van der Waals surface area contributed by atoms with Crippen LogP contribution < -0.4 is 0 Å². The quantitative estimate of drug-likeness (QED) is 0.183. The molecule has 0 unspecified atom stereocenters. The highest BCUT2D eigenvalue weighted by Crippen LogP contribution is 2.18. The van der Waals surface area contributed by atoms with E-state index in [-0.39, 0.29) is 0 Å². The van der Waals surface area contributed by atoms with Crippen molar-refractivity contribution in [3.8, 4) is 0 Å². The molecule has 0 saturated carbocycles. The van der Waals surface area contributed by atoms with Gasteiger partial charge in [-0.05, 0) is 70.2 Å². The molecule has 168 valence electrons. The van der Waals surface area contributed by atoms with Gasteiger partial charge in [0.2, 0.25) is 0 Å². The fourth-order valence-electron chi connectivity index (χ4n) is 3.44. The zero-order valence-corrected chi connectivity index (χ0v) is 21.2. The molecule has 0 spiro atoms. The Hall–Kier alpha value is -3.20. The first-order valence-corrected chi connectivity index (χ1v) is 13.7. The van der Waals surface area contributed by atoms with E-state index in [9.17, 15) is 0 Å². The number of thioether (sulfide) groups is 2. The summed E-state index contributed by atoms with van der Waals surface area (Å²) in [5.41, 5.74) is 7.22. The first-order chi connectivity index (χ1) is 16.7. The molecule has 0 aromatic heterocycles. The van der Waals surface area contributed by atoms with Crippen molar-refractivity contribution in [2.24, 2.45) is 0 Å². The van der Waals surface area contributed by atoms with Gasteiger partial charge in [0, 0.05) is 9.79 Å². The fraction of sp³-hybridized carbons (Fsp3) is 0.0625. The molecule has 4 rings (SSSR count). The van der Waals surface area contributed by atoms with Crippen LogP contribution in [-0.2, 0) is 0 Å². The Kier molecular flexibility index (Phi) is 8.67. The predicted molar refractivity (Wildman–Crippen MR) is 156 cm³/mol. The van der Waals surface area contributed by atoms with E-state index in [1.54, 1.807) is 23.5 Å². The highest BCUT2D eigenvalue weighted by Gasteiger charge is 1.94. The summed E-state index contributed by atoms with van der Waals surface area (Å²) in [6, 6.07) is 34.5. The van der Waals surface area contributed by atoms with Crippen LogP contribution in [0.3, 0.4) is 0 Å². The summed E-state index contributed by atoms with van der Waals surface area (Å²) in [6.45, 7) is 0. The van der Waals surface area contributed by atoms with Gasteiger partial charge in [-0.2, -0.15) is 0 Å². The van der Waals surface area contributed by atoms with Crippen LogP contribution in [-0.4, -0.2) is 12.5 Å². The monoisotopic (exact) mass is 476 g/mol. The van der Waals surface area contributed by atoms with Crippen molar-refractivity contribution in [3.05, 3.63) is 130 Å². The highest BCUT2D eigenvalue weighted by atomic mass is 32.2.